The molecule has 3 aromatic rings. The largest absolute Gasteiger partial charge is 0.289 e. The lowest BCUT2D eigenvalue weighted by molar-refractivity contribution is 0.104. The Hall–Kier alpha value is -3.11. The lowest BCUT2D eigenvalue weighted by atomic mass is 9.99. The van der Waals surface area contributed by atoms with Crippen LogP contribution < -0.4 is 0 Å². The van der Waals surface area contributed by atoms with Crippen LogP contribution in [-0.2, 0) is 0 Å². The molecule has 0 unspecified atom stereocenters. The molecule has 3 aromatic carbocycles. The molecule has 0 radical (unpaired) electrons. The van der Waals surface area contributed by atoms with Crippen molar-refractivity contribution in [2.24, 2.45) is 0 Å². The minimum atomic E-state index is 0.0916. The van der Waals surface area contributed by atoms with E-state index in [9.17, 15) is 4.79 Å². The van der Waals surface area contributed by atoms with Crippen molar-refractivity contribution in [3.8, 4) is 23.0 Å². The Balaban J connectivity index is 1.89. The Kier molecular flexibility index (Phi) is 2.88. The van der Waals surface area contributed by atoms with Crippen molar-refractivity contribution < 1.29 is 4.79 Å². The van der Waals surface area contributed by atoms with Crippen LogP contribution >= 0.6 is 0 Å². The summed E-state index contributed by atoms with van der Waals surface area (Å²) >= 11 is 0. The first-order valence-corrected chi connectivity index (χ1v) is 7.19. The highest BCUT2D eigenvalue weighted by atomic mass is 16.1. The third-order valence-corrected chi connectivity index (χ3v) is 3.87. The van der Waals surface area contributed by atoms with Crippen LogP contribution in [-0.4, -0.2) is 5.78 Å². The highest BCUT2D eigenvalue weighted by molar-refractivity contribution is 6.22. The maximum absolute atomic E-state index is 12.5. The summed E-state index contributed by atoms with van der Waals surface area (Å²) in [4.78, 5) is 12.5. The van der Waals surface area contributed by atoms with E-state index in [0.717, 1.165) is 33.4 Å². The third kappa shape index (κ3) is 1.94. The van der Waals surface area contributed by atoms with E-state index in [4.69, 9.17) is 0 Å². The normalized spacial score (nSPS) is 11.4. The SMILES string of the molecule is O=C1c2ccccc2-c2c(C#Cc3ccccc3)cccc21. The van der Waals surface area contributed by atoms with E-state index in [1.807, 2.05) is 72.8 Å². The first-order chi connectivity index (χ1) is 10.8. The molecule has 0 saturated carbocycles. The second-order valence-electron chi connectivity index (χ2n) is 5.22. The molecule has 0 atom stereocenters. The number of ketones is 1. The molecule has 0 heterocycles. The number of hydrogen-bond donors (Lipinski definition) is 0. The fourth-order valence-corrected chi connectivity index (χ4v) is 2.84. The van der Waals surface area contributed by atoms with Crippen molar-refractivity contribution in [1.29, 1.82) is 0 Å². The summed E-state index contributed by atoms with van der Waals surface area (Å²) in [6, 6.07) is 23.4. The van der Waals surface area contributed by atoms with Crippen molar-refractivity contribution in [2.75, 3.05) is 0 Å². The molecule has 4 rings (SSSR count). The second-order valence-corrected chi connectivity index (χ2v) is 5.22. The van der Waals surface area contributed by atoms with Gasteiger partial charge in [0.15, 0.2) is 5.78 Å². The molecule has 102 valence electrons. The number of carbonyl (C=O) groups excluding carboxylic acids is 1. The number of carbonyl (C=O) groups is 1. The van der Waals surface area contributed by atoms with Crippen molar-refractivity contribution in [2.45, 2.75) is 0 Å². The van der Waals surface area contributed by atoms with E-state index < -0.39 is 0 Å². The second kappa shape index (κ2) is 5.02. The minimum Gasteiger partial charge on any atom is -0.289 e. The van der Waals surface area contributed by atoms with Crippen LogP contribution in [0.3, 0.4) is 0 Å². The van der Waals surface area contributed by atoms with Crippen molar-refractivity contribution in [3.63, 3.8) is 0 Å². The molecule has 0 amide bonds. The Morgan fingerprint density at radius 1 is 0.591 bits per heavy atom. The molecular formula is C21H12O. The monoisotopic (exact) mass is 280 g/mol. The van der Waals surface area contributed by atoms with Crippen LogP contribution in [0, 0.1) is 11.8 Å². The Morgan fingerprint density at radius 2 is 1.27 bits per heavy atom. The summed E-state index contributed by atoms with van der Waals surface area (Å²) in [5, 5.41) is 0. The zero-order valence-corrected chi connectivity index (χ0v) is 11.8. The quantitative estimate of drug-likeness (QED) is 0.439. The zero-order valence-electron chi connectivity index (χ0n) is 11.8. The summed E-state index contributed by atoms with van der Waals surface area (Å²) in [6.45, 7) is 0. The standard InChI is InChI=1S/C21H12O/c22-21-18-11-5-4-10-17(18)20-16(9-6-12-19(20)21)14-13-15-7-2-1-3-8-15/h1-12H. The summed E-state index contributed by atoms with van der Waals surface area (Å²) in [6.07, 6.45) is 0. The van der Waals surface area contributed by atoms with Gasteiger partial charge in [0.1, 0.15) is 0 Å². The predicted molar refractivity (Wildman–Crippen MR) is 87.7 cm³/mol. The average molecular weight is 280 g/mol. The van der Waals surface area contributed by atoms with E-state index in [-0.39, 0.29) is 5.78 Å². The van der Waals surface area contributed by atoms with Crippen molar-refractivity contribution >= 4 is 5.78 Å². The Bertz CT molecular complexity index is 940. The predicted octanol–water partition coefficient (Wildman–Crippen LogP) is 4.30. The Labute approximate surface area is 129 Å². The van der Waals surface area contributed by atoms with E-state index in [0.29, 0.717) is 0 Å². The van der Waals surface area contributed by atoms with Gasteiger partial charge in [-0.2, -0.15) is 0 Å². The van der Waals surface area contributed by atoms with Gasteiger partial charge in [-0.15, -0.1) is 0 Å². The highest BCUT2D eigenvalue weighted by Gasteiger charge is 2.27. The van der Waals surface area contributed by atoms with Gasteiger partial charge in [0.05, 0.1) is 0 Å². The molecule has 22 heavy (non-hydrogen) atoms. The summed E-state index contributed by atoms with van der Waals surface area (Å²) in [7, 11) is 0. The van der Waals surface area contributed by atoms with Gasteiger partial charge < -0.3 is 0 Å². The lowest BCUT2D eigenvalue weighted by Gasteiger charge is -2.02. The lowest BCUT2D eigenvalue weighted by Crippen LogP contribution is -1.94. The molecule has 1 aliphatic rings. The topological polar surface area (TPSA) is 17.1 Å². The van der Waals surface area contributed by atoms with E-state index in [2.05, 4.69) is 11.8 Å². The van der Waals surface area contributed by atoms with Gasteiger partial charge in [-0.3, -0.25) is 4.79 Å². The van der Waals surface area contributed by atoms with E-state index in [1.165, 1.54) is 0 Å². The van der Waals surface area contributed by atoms with Gasteiger partial charge in [0, 0.05) is 27.8 Å². The summed E-state index contributed by atoms with van der Waals surface area (Å²) in [5.41, 5.74) is 5.34. The van der Waals surface area contributed by atoms with Gasteiger partial charge in [-0.25, -0.2) is 0 Å². The molecule has 0 saturated heterocycles. The van der Waals surface area contributed by atoms with E-state index >= 15 is 0 Å². The average Bonchev–Trinajstić information content (AvgIpc) is 2.88. The fraction of sp³-hybridized carbons (Fsp3) is 0. The van der Waals surface area contributed by atoms with Crippen LogP contribution in [0.25, 0.3) is 11.1 Å². The minimum absolute atomic E-state index is 0.0916. The Morgan fingerprint density at radius 3 is 2.09 bits per heavy atom. The third-order valence-electron chi connectivity index (χ3n) is 3.87. The molecule has 1 aliphatic carbocycles. The van der Waals surface area contributed by atoms with Crippen LogP contribution in [0.2, 0.25) is 0 Å². The molecule has 1 nitrogen and oxygen atoms in total. The van der Waals surface area contributed by atoms with Crippen LogP contribution in [0.15, 0.2) is 72.8 Å². The first-order valence-electron chi connectivity index (χ1n) is 7.19. The summed E-state index contributed by atoms with van der Waals surface area (Å²) in [5.74, 6) is 6.49. The van der Waals surface area contributed by atoms with Crippen molar-refractivity contribution in [1.82, 2.24) is 0 Å². The van der Waals surface area contributed by atoms with Gasteiger partial charge >= 0.3 is 0 Å². The maximum atomic E-state index is 12.5. The molecule has 0 fully saturated rings. The molecule has 0 spiro atoms. The van der Waals surface area contributed by atoms with Gasteiger partial charge in [-0.05, 0) is 23.8 Å². The highest BCUT2D eigenvalue weighted by Crippen LogP contribution is 2.38. The first kappa shape index (κ1) is 12.6. The molecule has 1 heteroatoms. The number of rotatable bonds is 0. The smallest absolute Gasteiger partial charge is 0.194 e. The number of fused-ring (bicyclic) bond motifs is 3. The molecule has 0 N–H and O–H groups in total. The maximum Gasteiger partial charge on any atom is 0.194 e. The van der Waals surface area contributed by atoms with Crippen LogP contribution in [0.5, 0.6) is 0 Å². The van der Waals surface area contributed by atoms with Crippen LogP contribution in [0.4, 0.5) is 0 Å². The number of benzene rings is 3. The fourth-order valence-electron chi connectivity index (χ4n) is 2.84. The molecule has 0 aliphatic heterocycles. The molecule has 0 aromatic heterocycles. The van der Waals surface area contributed by atoms with Gasteiger partial charge in [0.25, 0.3) is 0 Å². The molecular weight excluding hydrogens is 268 g/mol. The van der Waals surface area contributed by atoms with Crippen molar-refractivity contribution in [3.05, 3.63) is 95.1 Å². The van der Waals surface area contributed by atoms with Crippen LogP contribution in [0.1, 0.15) is 27.0 Å². The van der Waals surface area contributed by atoms with Gasteiger partial charge in [-0.1, -0.05) is 66.4 Å². The van der Waals surface area contributed by atoms with Gasteiger partial charge in [0.2, 0.25) is 0 Å². The zero-order chi connectivity index (χ0) is 14.9. The summed E-state index contributed by atoms with van der Waals surface area (Å²) < 4.78 is 0. The number of hydrogen-bond acceptors (Lipinski definition) is 1. The molecule has 0 bridgehead atoms. The van der Waals surface area contributed by atoms with E-state index in [1.54, 1.807) is 0 Å².